The van der Waals surface area contributed by atoms with E-state index in [1.54, 1.807) is 36.2 Å². The highest BCUT2D eigenvalue weighted by atomic mass is 16.5. The molecule has 0 spiro atoms. The molecule has 0 aliphatic carbocycles. The van der Waals surface area contributed by atoms with Crippen molar-refractivity contribution in [1.29, 1.82) is 0 Å². The van der Waals surface area contributed by atoms with Crippen LogP contribution < -0.4 is 16.0 Å². The maximum absolute atomic E-state index is 12.6. The fourth-order valence-electron chi connectivity index (χ4n) is 3.76. The molecule has 2 amide bonds. The van der Waals surface area contributed by atoms with Crippen LogP contribution in [0.25, 0.3) is 0 Å². The Morgan fingerprint density at radius 3 is 2.78 bits per heavy atom. The topological polar surface area (TPSA) is 110 Å². The summed E-state index contributed by atoms with van der Waals surface area (Å²) in [5, 5.41) is 3.34. The van der Waals surface area contributed by atoms with Crippen LogP contribution in [-0.4, -0.2) is 34.1 Å². The van der Waals surface area contributed by atoms with Gasteiger partial charge < -0.3 is 15.8 Å². The monoisotopic (exact) mass is 367 g/mol. The van der Waals surface area contributed by atoms with Gasteiger partial charge in [-0.15, -0.1) is 0 Å². The number of nitrogens with two attached hydrogens (primary N) is 1. The average molecular weight is 367 g/mol. The zero-order valence-electron chi connectivity index (χ0n) is 15.3. The highest BCUT2D eigenvalue weighted by molar-refractivity contribution is 6.01. The molecule has 3 heterocycles. The first-order valence-electron chi connectivity index (χ1n) is 8.85. The molecule has 3 N–H and O–H groups in total. The number of carbonyl (C=O) groups excluding carboxylic acids is 2. The Hall–Kier alpha value is -3.00. The van der Waals surface area contributed by atoms with E-state index >= 15 is 0 Å². The number of aryl methyl sites for hydroxylation is 1. The molecule has 1 saturated heterocycles. The number of hydrogen-bond acceptors (Lipinski definition) is 6. The number of nitrogens with one attached hydrogen (secondary N) is 1. The summed E-state index contributed by atoms with van der Waals surface area (Å²) in [6.07, 6.45) is 0.764. The molecule has 140 valence electrons. The summed E-state index contributed by atoms with van der Waals surface area (Å²) in [4.78, 5) is 34.7. The number of aromatic nitrogens is 2. The van der Waals surface area contributed by atoms with E-state index in [1.165, 1.54) is 0 Å². The third-order valence-corrected chi connectivity index (χ3v) is 5.14. The first kappa shape index (κ1) is 17.4. The first-order chi connectivity index (χ1) is 12.9. The lowest BCUT2D eigenvalue weighted by Crippen LogP contribution is -2.46. The van der Waals surface area contributed by atoms with Crippen LogP contribution >= 0.6 is 0 Å². The highest BCUT2D eigenvalue weighted by Crippen LogP contribution is 2.45. The molecule has 8 nitrogen and oxygen atoms in total. The van der Waals surface area contributed by atoms with E-state index in [9.17, 15) is 9.59 Å². The standard InChI is InChI=1S/C19H21N5O3/c1-9-6-7-21-19(22-9)23-15-10(2)18-24(17(26)11(3)27-18)14-5-4-12(16(20)25)8-13(14)15/h4-8,10-11,15,18H,1-3H3,(H2,20,25)(H,21,22,23)/t10-,11?,15-,18+/m1/s1. The van der Waals surface area contributed by atoms with Crippen molar-refractivity contribution in [1.82, 2.24) is 9.97 Å². The SMILES string of the molecule is Cc1ccnc(N[C@H]2c3cc(C(N)=O)ccc3N3C(=O)C(C)O[C@H]3[C@@H]2C)n1. The molecule has 27 heavy (non-hydrogen) atoms. The molecule has 1 aromatic heterocycles. The van der Waals surface area contributed by atoms with Crippen LogP contribution in [-0.2, 0) is 9.53 Å². The Bertz CT molecular complexity index is 931. The van der Waals surface area contributed by atoms with Gasteiger partial charge in [-0.1, -0.05) is 6.92 Å². The van der Waals surface area contributed by atoms with Crippen molar-refractivity contribution < 1.29 is 14.3 Å². The molecule has 0 bridgehead atoms. The molecule has 2 aliphatic heterocycles. The fraction of sp³-hybridized carbons (Fsp3) is 0.368. The Balaban J connectivity index is 1.82. The predicted octanol–water partition coefficient (Wildman–Crippen LogP) is 1.76. The van der Waals surface area contributed by atoms with Crippen molar-refractivity contribution in [3.8, 4) is 0 Å². The molecule has 2 aromatic rings. The van der Waals surface area contributed by atoms with Crippen molar-refractivity contribution >= 4 is 23.5 Å². The van der Waals surface area contributed by atoms with E-state index in [1.807, 2.05) is 19.9 Å². The quantitative estimate of drug-likeness (QED) is 0.855. The number of benzene rings is 1. The van der Waals surface area contributed by atoms with Gasteiger partial charge in [0.2, 0.25) is 11.9 Å². The van der Waals surface area contributed by atoms with Crippen molar-refractivity contribution in [2.75, 3.05) is 10.2 Å². The summed E-state index contributed by atoms with van der Waals surface area (Å²) in [7, 11) is 0. The molecule has 1 fully saturated rings. The normalized spacial score (nSPS) is 26.5. The van der Waals surface area contributed by atoms with Gasteiger partial charge in [-0.25, -0.2) is 9.97 Å². The molecule has 8 heteroatoms. The zero-order valence-corrected chi connectivity index (χ0v) is 15.3. The summed E-state index contributed by atoms with van der Waals surface area (Å²) in [6, 6.07) is 6.68. The minimum atomic E-state index is -0.518. The van der Waals surface area contributed by atoms with Gasteiger partial charge in [-0.05, 0) is 43.7 Å². The Morgan fingerprint density at radius 2 is 2.07 bits per heavy atom. The largest absolute Gasteiger partial charge is 0.366 e. The van der Waals surface area contributed by atoms with Gasteiger partial charge in [0.05, 0.1) is 11.7 Å². The zero-order chi connectivity index (χ0) is 19.3. The van der Waals surface area contributed by atoms with Gasteiger partial charge in [0.25, 0.3) is 5.91 Å². The van der Waals surface area contributed by atoms with Crippen LogP contribution in [0, 0.1) is 12.8 Å². The maximum Gasteiger partial charge on any atom is 0.258 e. The number of rotatable bonds is 3. The lowest BCUT2D eigenvalue weighted by molar-refractivity contribution is -0.121. The predicted molar refractivity (Wildman–Crippen MR) is 99.1 cm³/mol. The number of fused-ring (bicyclic) bond motifs is 3. The van der Waals surface area contributed by atoms with Crippen LogP contribution in [0.3, 0.4) is 0 Å². The van der Waals surface area contributed by atoms with Crippen LogP contribution in [0.15, 0.2) is 30.5 Å². The lowest BCUT2D eigenvalue weighted by atomic mass is 9.86. The third kappa shape index (κ3) is 2.82. The Kier molecular flexibility index (Phi) is 4.07. The molecule has 0 saturated carbocycles. The number of carbonyl (C=O) groups is 2. The fourth-order valence-corrected chi connectivity index (χ4v) is 3.76. The second-order valence-electron chi connectivity index (χ2n) is 7.02. The number of hydrogen-bond donors (Lipinski definition) is 2. The molecule has 0 radical (unpaired) electrons. The van der Waals surface area contributed by atoms with Crippen molar-refractivity contribution in [2.45, 2.75) is 39.1 Å². The molecular formula is C19H21N5O3. The van der Waals surface area contributed by atoms with E-state index in [2.05, 4.69) is 15.3 Å². The minimum Gasteiger partial charge on any atom is -0.366 e. The molecule has 2 aliphatic rings. The van der Waals surface area contributed by atoms with E-state index in [0.717, 1.165) is 11.3 Å². The third-order valence-electron chi connectivity index (χ3n) is 5.14. The van der Waals surface area contributed by atoms with E-state index in [4.69, 9.17) is 10.5 Å². The van der Waals surface area contributed by atoms with Crippen LogP contribution in [0.5, 0.6) is 0 Å². The number of primary amides is 1. The van der Waals surface area contributed by atoms with Crippen LogP contribution in [0.1, 0.15) is 41.5 Å². The van der Waals surface area contributed by atoms with Crippen LogP contribution in [0.2, 0.25) is 0 Å². The summed E-state index contributed by atoms with van der Waals surface area (Å²) < 4.78 is 5.92. The van der Waals surface area contributed by atoms with Crippen LogP contribution in [0.4, 0.5) is 11.6 Å². The highest BCUT2D eigenvalue weighted by Gasteiger charge is 2.49. The molecule has 1 aromatic carbocycles. The average Bonchev–Trinajstić information content (AvgIpc) is 2.93. The summed E-state index contributed by atoms with van der Waals surface area (Å²) in [5.74, 6) is -0.229. The Morgan fingerprint density at radius 1 is 1.30 bits per heavy atom. The van der Waals surface area contributed by atoms with Crippen molar-refractivity contribution in [2.24, 2.45) is 11.7 Å². The second-order valence-corrected chi connectivity index (χ2v) is 7.02. The molecule has 1 unspecified atom stereocenters. The first-order valence-corrected chi connectivity index (χ1v) is 8.85. The number of anilines is 2. The van der Waals surface area contributed by atoms with E-state index in [-0.39, 0.29) is 17.9 Å². The lowest BCUT2D eigenvalue weighted by Gasteiger charge is -2.41. The number of ether oxygens (including phenoxy) is 1. The molecular weight excluding hydrogens is 346 g/mol. The van der Waals surface area contributed by atoms with Gasteiger partial charge in [0, 0.05) is 23.4 Å². The summed E-state index contributed by atoms with van der Waals surface area (Å²) in [6.45, 7) is 5.63. The number of nitrogens with zero attached hydrogens (tertiary/aromatic N) is 3. The Labute approximate surface area is 156 Å². The van der Waals surface area contributed by atoms with Crippen molar-refractivity contribution in [3.63, 3.8) is 0 Å². The summed E-state index contributed by atoms with van der Waals surface area (Å²) >= 11 is 0. The molecule has 4 atom stereocenters. The minimum absolute atomic E-state index is 0.0924. The molecule has 4 rings (SSSR count). The van der Waals surface area contributed by atoms with E-state index < -0.39 is 18.2 Å². The second kappa shape index (κ2) is 6.31. The number of amides is 2. The smallest absolute Gasteiger partial charge is 0.258 e. The van der Waals surface area contributed by atoms with Gasteiger partial charge in [-0.3, -0.25) is 14.5 Å². The van der Waals surface area contributed by atoms with Gasteiger partial charge in [-0.2, -0.15) is 0 Å². The van der Waals surface area contributed by atoms with Crippen molar-refractivity contribution in [3.05, 3.63) is 47.3 Å². The maximum atomic E-state index is 12.6. The van der Waals surface area contributed by atoms with Gasteiger partial charge in [0.15, 0.2) is 0 Å². The van der Waals surface area contributed by atoms with Gasteiger partial charge in [0.1, 0.15) is 12.3 Å². The van der Waals surface area contributed by atoms with E-state index in [0.29, 0.717) is 17.2 Å². The summed E-state index contributed by atoms with van der Waals surface area (Å²) in [5.41, 5.74) is 8.20. The van der Waals surface area contributed by atoms with Gasteiger partial charge >= 0.3 is 0 Å².